The molecule has 7 heteroatoms. The molecule has 7 rings (SSSR count). The number of aromatic nitrogens is 5. The molecular weight excluding hydrogens is 406 g/mol. The van der Waals surface area contributed by atoms with Gasteiger partial charge >= 0.3 is 0 Å². The fourth-order valence-corrected chi connectivity index (χ4v) is 5.16. The first kappa shape index (κ1) is 16.7. The Bertz CT molecular complexity index is 1730. The summed E-state index contributed by atoms with van der Waals surface area (Å²) in [5.41, 5.74) is 6.32. The molecule has 6 nitrogen and oxygen atoms in total. The van der Waals surface area contributed by atoms with Crippen molar-refractivity contribution in [3.63, 3.8) is 0 Å². The van der Waals surface area contributed by atoms with Crippen molar-refractivity contribution < 1.29 is 4.42 Å². The number of hydrogen-bond donors (Lipinski definition) is 0. The molecule has 0 spiro atoms. The first-order valence-corrected chi connectivity index (χ1v) is 10.7. The van der Waals surface area contributed by atoms with Crippen molar-refractivity contribution >= 4 is 48.5 Å². The van der Waals surface area contributed by atoms with Gasteiger partial charge in [-0.3, -0.25) is 0 Å². The van der Waals surface area contributed by atoms with Gasteiger partial charge in [0.1, 0.15) is 20.8 Å². The second kappa shape index (κ2) is 6.20. The first-order valence-electron chi connectivity index (χ1n) is 9.83. The van der Waals surface area contributed by atoms with Crippen LogP contribution >= 0.6 is 11.3 Å². The highest BCUT2D eigenvalue weighted by Gasteiger charge is 2.21. The van der Waals surface area contributed by atoms with Gasteiger partial charge < -0.3 is 4.42 Å². The third-order valence-electron chi connectivity index (χ3n) is 5.47. The molecule has 5 aromatic heterocycles. The molecule has 0 amide bonds. The lowest BCUT2D eigenvalue weighted by atomic mass is 10.0. The van der Waals surface area contributed by atoms with Crippen LogP contribution in [-0.4, -0.2) is 24.8 Å². The average Bonchev–Trinajstić information content (AvgIpc) is 3.55. The van der Waals surface area contributed by atoms with Gasteiger partial charge in [0.05, 0.1) is 28.4 Å². The van der Waals surface area contributed by atoms with Crippen molar-refractivity contribution in [3.8, 4) is 22.6 Å². The molecule has 0 saturated carbocycles. The largest absolute Gasteiger partial charge is 0.464 e. The molecule has 7 aromatic rings. The van der Waals surface area contributed by atoms with E-state index in [-0.39, 0.29) is 0 Å². The van der Waals surface area contributed by atoms with Gasteiger partial charge in [0.25, 0.3) is 0 Å². The highest BCUT2D eigenvalue weighted by molar-refractivity contribution is 7.26. The molecule has 0 aliphatic rings. The number of rotatable bonds is 2. The van der Waals surface area contributed by atoms with Crippen LogP contribution in [0.15, 0.2) is 83.5 Å². The quantitative estimate of drug-likeness (QED) is 0.345. The van der Waals surface area contributed by atoms with Crippen molar-refractivity contribution in [2.24, 2.45) is 0 Å². The van der Waals surface area contributed by atoms with Crippen molar-refractivity contribution in [2.45, 2.75) is 0 Å². The van der Waals surface area contributed by atoms with Crippen molar-refractivity contribution in [1.82, 2.24) is 24.8 Å². The van der Waals surface area contributed by atoms with Crippen LogP contribution in [0.5, 0.6) is 0 Å². The number of furan rings is 1. The van der Waals surface area contributed by atoms with E-state index >= 15 is 0 Å². The molecular formula is C24H13N5OS. The second-order valence-corrected chi connectivity index (χ2v) is 8.28. The fraction of sp³-hybridized carbons (Fsp3) is 0. The van der Waals surface area contributed by atoms with Gasteiger partial charge in [-0.05, 0) is 30.3 Å². The third kappa shape index (κ3) is 2.38. The van der Waals surface area contributed by atoms with Crippen molar-refractivity contribution in [1.29, 1.82) is 0 Å². The van der Waals surface area contributed by atoms with Gasteiger partial charge in [0.2, 0.25) is 0 Å². The molecule has 0 aliphatic heterocycles. The lowest BCUT2D eigenvalue weighted by Gasteiger charge is -2.05. The summed E-state index contributed by atoms with van der Waals surface area (Å²) in [6.45, 7) is 0. The average molecular weight is 419 g/mol. The lowest BCUT2D eigenvalue weighted by Crippen LogP contribution is -1.95. The van der Waals surface area contributed by atoms with Crippen LogP contribution in [-0.2, 0) is 0 Å². The van der Waals surface area contributed by atoms with E-state index in [9.17, 15) is 0 Å². The SMILES string of the molecule is c1ccc(-c2cc(-c3ccco3)c3c(n2)sc2c3nnn3c4ccccc4nc23)cc1. The molecule has 0 bridgehead atoms. The standard InChI is InChI=1S/C24H13N5OS/c1-2-7-14(8-3-1)17-13-15(19-11-6-12-30-19)20-21-22(31-24(20)26-17)23-25-16-9-4-5-10-18(16)29(23)28-27-21/h1-13H. The molecule has 0 N–H and O–H groups in total. The van der Waals surface area contributed by atoms with Gasteiger partial charge in [-0.2, -0.15) is 4.52 Å². The van der Waals surface area contributed by atoms with Gasteiger partial charge in [-0.1, -0.05) is 47.7 Å². The smallest absolute Gasteiger partial charge is 0.176 e. The van der Waals surface area contributed by atoms with Crippen LogP contribution < -0.4 is 0 Å². The minimum atomic E-state index is 0.777. The number of para-hydroxylation sites is 2. The maximum atomic E-state index is 5.78. The molecule has 5 heterocycles. The van der Waals surface area contributed by atoms with Crippen molar-refractivity contribution in [2.75, 3.05) is 0 Å². The normalized spacial score (nSPS) is 11.9. The van der Waals surface area contributed by atoms with E-state index in [4.69, 9.17) is 14.4 Å². The molecule has 146 valence electrons. The zero-order chi connectivity index (χ0) is 20.4. The number of hydrogen-bond acceptors (Lipinski definition) is 6. The maximum absolute atomic E-state index is 5.78. The van der Waals surface area contributed by atoms with Crippen LogP contribution in [0.3, 0.4) is 0 Å². The Labute approximate surface area is 179 Å². The van der Waals surface area contributed by atoms with Crippen LogP contribution in [0.4, 0.5) is 0 Å². The zero-order valence-corrected chi connectivity index (χ0v) is 16.9. The number of nitrogens with zero attached hydrogens (tertiary/aromatic N) is 5. The molecule has 0 aliphatic carbocycles. The van der Waals surface area contributed by atoms with Gasteiger partial charge in [-0.25, -0.2) is 9.97 Å². The zero-order valence-electron chi connectivity index (χ0n) is 16.1. The fourth-order valence-electron chi connectivity index (χ4n) is 4.05. The molecule has 0 radical (unpaired) electrons. The monoisotopic (exact) mass is 419 g/mol. The number of thiophene rings is 1. The second-order valence-electron chi connectivity index (χ2n) is 7.28. The first-order chi connectivity index (χ1) is 15.4. The van der Waals surface area contributed by atoms with Crippen LogP contribution in [0.1, 0.15) is 0 Å². The van der Waals surface area contributed by atoms with Crippen LogP contribution in [0.25, 0.3) is 59.7 Å². The van der Waals surface area contributed by atoms with E-state index in [2.05, 4.69) is 28.5 Å². The summed E-state index contributed by atoms with van der Waals surface area (Å²) < 4.78 is 8.55. The molecule has 2 aromatic carbocycles. The lowest BCUT2D eigenvalue weighted by molar-refractivity contribution is 0.583. The van der Waals surface area contributed by atoms with E-state index in [0.717, 1.165) is 59.7 Å². The summed E-state index contributed by atoms with van der Waals surface area (Å²) in [5.74, 6) is 0.777. The molecule has 31 heavy (non-hydrogen) atoms. The summed E-state index contributed by atoms with van der Waals surface area (Å²) in [7, 11) is 0. The van der Waals surface area contributed by atoms with Gasteiger partial charge in [-0.15, -0.1) is 16.4 Å². The summed E-state index contributed by atoms with van der Waals surface area (Å²) in [4.78, 5) is 10.7. The van der Waals surface area contributed by atoms with E-state index in [0.29, 0.717) is 0 Å². The molecule has 0 fully saturated rings. The molecule has 0 unspecified atom stereocenters. The Balaban J connectivity index is 1.63. The van der Waals surface area contributed by atoms with E-state index in [1.165, 1.54) is 0 Å². The summed E-state index contributed by atoms with van der Waals surface area (Å²) in [6, 6.07) is 24.0. The Morgan fingerprint density at radius 1 is 0.871 bits per heavy atom. The van der Waals surface area contributed by atoms with E-state index < -0.39 is 0 Å². The van der Waals surface area contributed by atoms with Crippen LogP contribution in [0, 0.1) is 0 Å². The highest BCUT2D eigenvalue weighted by atomic mass is 32.1. The minimum absolute atomic E-state index is 0.777. The Hall–Kier alpha value is -4.10. The number of benzene rings is 2. The summed E-state index contributed by atoms with van der Waals surface area (Å²) in [5, 5.41) is 10.0. The van der Waals surface area contributed by atoms with Crippen molar-refractivity contribution in [3.05, 3.63) is 79.1 Å². The number of pyridine rings is 1. The van der Waals surface area contributed by atoms with Crippen LogP contribution in [0.2, 0.25) is 0 Å². The molecule has 0 saturated heterocycles. The third-order valence-corrected chi connectivity index (χ3v) is 6.54. The number of fused-ring (bicyclic) bond motifs is 7. The predicted octanol–water partition coefficient (Wildman–Crippen LogP) is 5.97. The summed E-state index contributed by atoms with van der Waals surface area (Å²) >= 11 is 1.59. The Morgan fingerprint density at radius 3 is 2.61 bits per heavy atom. The Kier molecular flexibility index (Phi) is 3.33. The summed E-state index contributed by atoms with van der Waals surface area (Å²) in [6.07, 6.45) is 1.68. The Morgan fingerprint density at radius 2 is 1.74 bits per heavy atom. The van der Waals surface area contributed by atoms with Gasteiger partial charge in [0.15, 0.2) is 5.65 Å². The van der Waals surface area contributed by atoms with Gasteiger partial charge in [0, 0.05) is 11.1 Å². The molecule has 0 atom stereocenters. The minimum Gasteiger partial charge on any atom is -0.464 e. The maximum Gasteiger partial charge on any atom is 0.176 e. The van der Waals surface area contributed by atoms with E-state index in [1.807, 2.05) is 54.6 Å². The highest BCUT2D eigenvalue weighted by Crippen LogP contribution is 2.41. The van der Waals surface area contributed by atoms with E-state index in [1.54, 1.807) is 22.1 Å². The predicted molar refractivity (Wildman–Crippen MR) is 122 cm³/mol. The number of imidazole rings is 1. The topological polar surface area (TPSA) is 69.1 Å².